The molecule has 8 atom stereocenters. The molecule has 0 amide bonds. The molecule has 0 spiro atoms. The molecule has 3 saturated carbocycles. The summed E-state index contributed by atoms with van der Waals surface area (Å²) in [5, 5.41) is 7.75. The number of aromatic amines is 1. The van der Waals surface area contributed by atoms with Crippen molar-refractivity contribution in [3.8, 4) is 0 Å². The number of aromatic nitrogens is 2. The highest BCUT2D eigenvalue weighted by molar-refractivity contribution is 5.96. The Morgan fingerprint density at radius 1 is 1.03 bits per heavy atom. The van der Waals surface area contributed by atoms with Gasteiger partial charge in [0.15, 0.2) is 5.78 Å². The topological polar surface area (TPSA) is 72.1 Å². The Labute approximate surface area is 222 Å². The van der Waals surface area contributed by atoms with Crippen LogP contribution in [0, 0.1) is 44.8 Å². The highest BCUT2D eigenvalue weighted by Crippen LogP contribution is 2.74. The molecule has 0 aromatic carbocycles. The van der Waals surface area contributed by atoms with Gasteiger partial charge < -0.3 is 4.74 Å². The first-order valence-corrected chi connectivity index (χ1v) is 14.5. The van der Waals surface area contributed by atoms with Crippen LogP contribution in [0.25, 0.3) is 0 Å². The Morgan fingerprint density at radius 3 is 2.43 bits per heavy atom. The fraction of sp³-hybridized carbons (Fsp3) is 0.781. The highest BCUT2D eigenvalue weighted by Gasteiger charge is 2.70. The molecule has 1 N–H and O–H groups in total. The van der Waals surface area contributed by atoms with Crippen LogP contribution in [0.3, 0.4) is 0 Å². The molecule has 5 nitrogen and oxygen atoms in total. The molecule has 3 fully saturated rings. The molecule has 1 heterocycles. The normalized spacial score (nSPS) is 47.9. The quantitative estimate of drug-likeness (QED) is 0.437. The largest absolute Gasteiger partial charge is 0.469 e. The maximum atomic E-state index is 14.5. The molecule has 37 heavy (non-hydrogen) atoms. The lowest BCUT2D eigenvalue weighted by atomic mass is 9.33. The smallest absolute Gasteiger partial charge is 0.311 e. The SMILES string of the molecule is COC(=O)[C@@]1(C)CC[C@]2(C)CC[C@]3(C)C(=CC(=O)[C@H]4[C@@]5(C)Cc6cn[nH]c6C(C)(C)[C@@H]5CC[C@]43C)[C@@H]2C1. The number of methoxy groups -OCH3 is 1. The maximum Gasteiger partial charge on any atom is 0.311 e. The molecule has 1 aromatic rings. The molecule has 0 aliphatic heterocycles. The number of allylic oxidation sites excluding steroid dienone is 2. The lowest BCUT2D eigenvalue weighted by molar-refractivity contribution is -0.174. The van der Waals surface area contributed by atoms with Crippen LogP contribution >= 0.6 is 0 Å². The molecule has 0 bridgehead atoms. The first-order valence-electron chi connectivity index (χ1n) is 14.5. The van der Waals surface area contributed by atoms with E-state index in [-0.39, 0.29) is 44.9 Å². The van der Waals surface area contributed by atoms with E-state index in [2.05, 4.69) is 64.7 Å². The number of carbonyl (C=O) groups is 2. The zero-order valence-electron chi connectivity index (χ0n) is 24.2. The first kappa shape index (κ1) is 25.4. The van der Waals surface area contributed by atoms with Gasteiger partial charge >= 0.3 is 5.97 Å². The van der Waals surface area contributed by atoms with Crippen molar-refractivity contribution in [3.63, 3.8) is 0 Å². The number of nitrogens with zero attached hydrogens (tertiary/aromatic N) is 1. The van der Waals surface area contributed by atoms with E-state index in [0.717, 1.165) is 51.4 Å². The van der Waals surface area contributed by atoms with Crippen molar-refractivity contribution >= 4 is 11.8 Å². The van der Waals surface area contributed by atoms with Crippen LogP contribution in [0.2, 0.25) is 0 Å². The second kappa shape index (κ2) is 7.39. The standard InChI is InChI=1S/C32H46N2O3/c1-27(2)23-9-10-32(7)24(30(23,5)16-19-18-33-34-25(19)27)22(35)15-20-21-17-29(4,26(36)37-8)12-11-28(21,3)13-14-31(20,32)6/h15,18,21,23-24H,9-14,16-17H2,1-8H3,(H,33,34)/t21-,23-,24-,28+,29-,30-,31+,32+/m0/s1. The van der Waals surface area contributed by atoms with Crippen LogP contribution in [0.15, 0.2) is 17.8 Å². The predicted molar refractivity (Wildman–Crippen MR) is 144 cm³/mol. The summed E-state index contributed by atoms with van der Waals surface area (Å²) >= 11 is 0. The third kappa shape index (κ3) is 2.95. The van der Waals surface area contributed by atoms with Gasteiger partial charge in [0.2, 0.25) is 0 Å². The molecule has 5 aliphatic carbocycles. The van der Waals surface area contributed by atoms with E-state index in [0.29, 0.717) is 11.7 Å². The summed E-state index contributed by atoms with van der Waals surface area (Å²) < 4.78 is 5.27. The van der Waals surface area contributed by atoms with Crippen molar-refractivity contribution in [2.45, 2.75) is 105 Å². The van der Waals surface area contributed by atoms with E-state index in [1.165, 1.54) is 23.9 Å². The van der Waals surface area contributed by atoms with E-state index in [4.69, 9.17) is 4.74 Å². The van der Waals surface area contributed by atoms with Crippen molar-refractivity contribution in [1.29, 1.82) is 0 Å². The minimum atomic E-state index is -0.479. The van der Waals surface area contributed by atoms with Crippen LogP contribution in [-0.2, 0) is 26.2 Å². The van der Waals surface area contributed by atoms with Crippen molar-refractivity contribution in [2.24, 2.45) is 44.8 Å². The number of H-pyrrole nitrogens is 1. The van der Waals surface area contributed by atoms with Crippen molar-refractivity contribution < 1.29 is 14.3 Å². The number of carbonyl (C=O) groups excluding carboxylic acids is 2. The Morgan fingerprint density at radius 2 is 1.73 bits per heavy atom. The molecule has 0 unspecified atom stereocenters. The van der Waals surface area contributed by atoms with Crippen LogP contribution in [0.4, 0.5) is 0 Å². The van der Waals surface area contributed by atoms with E-state index in [1.54, 1.807) is 0 Å². The number of rotatable bonds is 1. The number of ketones is 1. The number of ether oxygens (including phenoxy) is 1. The van der Waals surface area contributed by atoms with Crippen molar-refractivity contribution in [1.82, 2.24) is 10.2 Å². The third-order valence-electron chi connectivity index (χ3n) is 13.3. The Kier molecular flexibility index (Phi) is 5.06. The summed E-state index contributed by atoms with van der Waals surface area (Å²) in [6, 6.07) is 0. The highest BCUT2D eigenvalue weighted by atomic mass is 16.5. The summed E-state index contributed by atoms with van der Waals surface area (Å²) in [4.78, 5) is 27.4. The summed E-state index contributed by atoms with van der Waals surface area (Å²) in [6.07, 6.45) is 12.2. The van der Waals surface area contributed by atoms with Gasteiger partial charge in [-0.3, -0.25) is 14.7 Å². The summed E-state index contributed by atoms with van der Waals surface area (Å²) in [5.41, 5.74) is 3.28. The number of esters is 1. The Bertz CT molecular complexity index is 1210. The van der Waals surface area contributed by atoms with Gasteiger partial charge in [-0.2, -0.15) is 5.10 Å². The van der Waals surface area contributed by atoms with Crippen LogP contribution in [0.5, 0.6) is 0 Å². The molecular formula is C32H46N2O3. The minimum absolute atomic E-state index is 0.00485. The van der Waals surface area contributed by atoms with Gasteiger partial charge in [-0.1, -0.05) is 47.1 Å². The lowest BCUT2D eigenvalue weighted by Crippen LogP contribution is -2.66. The van der Waals surface area contributed by atoms with E-state index in [9.17, 15) is 9.59 Å². The zero-order valence-corrected chi connectivity index (χ0v) is 24.2. The molecule has 0 saturated heterocycles. The second-order valence-electron chi connectivity index (χ2n) is 15.4. The van der Waals surface area contributed by atoms with Crippen LogP contribution < -0.4 is 0 Å². The van der Waals surface area contributed by atoms with E-state index in [1.807, 2.05) is 6.20 Å². The molecule has 6 rings (SSSR count). The fourth-order valence-electron chi connectivity index (χ4n) is 11.0. The zero-order chi connectivity index (χ0) is 26.8. The summed E-state index contributed by atoms with van der Waals surface area (Å²) in [5.74, 6) is 0.913. The van der Waals surface area contributed by atoms with Crippen LogP contribution in [0.1, 0.15) is 105 Å². The van der Waals surface area contributed by atoms with Gasteiger partial charge in [-0.05, 0) is 103 Å². The number of hydrogen-bond donors (Lipinski definition) is 1. The average molecular weight is 507 g/mol. The van der Waals surface area contributed by atoms with Gasteiger partial charge in [0.25, 0.3) is 0 Å². The first-order chi connectivity index (χ1) is 17.2. The lowest BCUT2D eigenvalue weighted by Gasteiger charge is -2.69. The number of fused-ring (bicyclic) bond motifs is 8. The molecule has 0 radical (unpaired) electrons. The average Bonchev–Trinajstić information content (AvgIpc) is 3.29. The summed E-state index contributed by atoms with van der Waals surface area (Å²) in [6.45, 7) is 16.5. The minimum Gasteiger partial charge on any atom is -0.469 e. The number of hydrogen-bond acceptors (Lipinski definition) is 4. The molecule has 1 aromatic heterocycles. The van der Waals surface area contributed by atoms with Crippen LogP contribution in [-0.4, -0.2) is 29.1 Å². The van der Waals surface area contributed by atoms with Gasteiger partial charge in [0, 0.05) is 17.0 Å². The van der Waals surface area contributed by atoms with Gasteiger partial charge in [0.05, 0.1) is 18.7 Å². The van der Waals surface area contributed by atoms with Gasteiger partial charge in [0.1, 0.15) is 0 Å². The van der Waals surface area contributed by atoms with Crippen molar-refractivity contribution in [2.75, 3.05) is 7.11 Å². The second-order valence-corrected chi connectivity index (χ2v) is 15.4. The summed E-state index contributed by atoms with van der Waals surface area (Å²) in [7, 11) is 1.51. The number of nitrogens with one attached hydrogen (secondary N) is 1. The Balaban J connectivity index is 1.47. The van der Waals surface area contributed by atoms with Gasteiger partial charge in [-0.25, -0.2) is 0 Å². The predicted octanol–water partition coefficient (Wildman–Crippen LogP) is 6.58. The van der Waals surface area contributed by atoms with Crippen molar-refractivity contribution in [3.05, 3.63) is 29.1 Å². The molecule has 202 valence electrons. The van der Waals surface area contributed by atoms with E-state index >= 15 is 0 Å². The molecular weight excluding hydrogens is 460 g/mol. The van der Waals surface area contributed by atoms with Gasteiger partial charge in [-0.15, -0.1) is 0 Å². The maximum absolute atomic E-state index is 14.5. The molecule has 5 aliphatic rings. The third-order valence-corrected chi connectivity index (χ3v) is 13.3. The van der Waals surface area contributed by atoms with E-state index < -0.39 is 5.41 Å². The fourth-order valence-corrected chi connectivity index (χ4v) is 11.0. The monoisotopic (exact) mass is 506 g/mol. The molecule has 5 heteroatoms. The Hall–Kier alpha value is -1.91.